The van der Waals surface area contributed by atoms with Crippen molar-refractivity contribution in [1.82, 2.24) is 5.32 Å². The minimum atomic E-state index is -0.199. The Morgan fingerprint density at radius 1 is 1.00 bits per heavy atom. The SMILES string of the molecule is Nc1ccccc1NC(=O)c1ccc(CN=C2N[C@@H](Cc3ccccc3)CO2)cc1. The van der Waals surface area contributed by atoms with Gasteiger partial charge in [0.05, 0.1) is 24.0 Å². The molecule has 152 valence electrons. The molecule has 1 heterocycles. The average molecular weight is 400 g/mol. The molecule has 1 atom stereocenters. The largest absolute Gasteiger partial charge is 0.463 e. The van der Waals surface area contributed by atoms with Gasteiger partial charge in [0.1, 0.15) is 6.61 Å². The zero-order chi connectivity index (χ0) is 20.8. The van der Waals surface area contributed by atoms with Crippen molar-refractivity contribution in [2.45, 2.75) is 19.0 Å². The fourth-order valence-electron chi connectivity index (χ4n) is 3.27. The van der Waals surface area contributed by atoms with Crippen molar-refractivity contribution in [3.63, 3.8) is 0 Å². The van der Waals surface area contributed by atoms with Crippen LogP contribution in [0.4, 0.5) is 11.4 Å². The lowest BCUT2D eigenvalue weighted by atomic mass is 10.1. The van der Waals surface area contributed by atoms with Crippen LogP contribution in [0, 0.1) is 0 Å². The van der Waals surface area contributed by atoms with Crippen molar-refractivity contribution in [2.24, 2.45) is 4.99 Å². The quantitative estimate of drug-likeness (QED) is 0.552. The summed E-state index contributed by atoms with van der Waals surface area (Å²) < 4.78 is 5.66. The molecule has 4 rings (SSSR count). The fourth-order valence-corrected chi connectivity index (χ4v) is 3.27. The molecule has 0 unspecified atom stereocenters. The Labute approximate surface area is 175 Å². The molecule has 1 aliphatic heterocycles. The molecule has 0 bridgehead atoms. The maximum absolute atomic E-state index is 12.4. The molecule has 4 N–H and O–H groups in total. The number of hydrogen-bond acceptors (Lipinski definition) is 4. The minimum Gasteiger partial charge on any atom is -0.463 e. The summed E-state index contributed by atoms with van der Waals surface area (Å²) in [7, 11) is 0. The Morgan fingerprint density at radius 3 is 2.50 bits per heavy atom. The maximum atomic E-state index is 12.4. The third-order valence-electron chi connectivity index (χ3n) is 4.90. The number of rotatable bonds is 6. The van der Waals surface area contributed by atoms with Crippen LogP contribution < -0.4 is 16.4 Å². The van der Waals surface area contributed by atoms with E-state index in [1.807, 2.05) is 42.5 Å². The summed E-state index contributed by atoms with van der Waals surface area (Å²) in [6.45, 7) is 1.09. The molecule has 30 heavy (non-hydrogen) atoms. The molecule has 1 saturated heterocycles. The van der Waals surface area contributed by atoms with Crippen LogP contribution in [0.25, 0.3) is 0 Å². The average Bonchev–Trinajstić information content (AvgIpc) is 3.22. The number of nitrogen functional groups attached to an aromatic ring is 1. The number of amidine groups is 1. The van der Waals surface area contributed by atoms with Crippen molar-refractivity contribution in [3.8, 4) is 0 Å². The number of para-hydroxylation sites is 2. The molecule has 0 spiro atoms. The highest BCUT2D eigenvalue weighted by Gasteiger charge is 2.20. The van der Waals surface area contributed by atoms with Crippen molar-refractivity contribution >= 4 is 23.3 Å². The van der Waals surface area contributed by atoms with Crippen LogP contribution in [-0.2, 0) is 17.7 Å². The molecular formula is C24H24N4O2. The van der Waals surface area contributed by atoms with Gasteiger partial charge in [0.25, 0.3) is 11.9 Å². The van der Waals surface area contributed by atoms with E-state index < -0.39 is 0 Å². The normalized spacial score (nSPS) is 16.7. The second-order valence-electron chi connectivity index (χ2n) is 7.20. The van der Waals surface area contributed by atoms with Crippen LogP contribution in [-0.4, -0.2) is 24.6 Å². The van der Waals surface area contributed by atoms with Crippen LogP contribution in [0.2, 0.25) is 0 Å². The summed E-state index contributed by atoms with van der Waals surface area (Å²) in [6, 6.07) is 25.6. The molecular weight excluding hydrogens is 376 g/mol. The smallest absolute Gasteiger partial charge is 0.285 e. The van der Waals surface area contributed by atoms with E-state index in [-0.39, 0.29) is 11.9 Å². The summed E-state index contributed by atoms with van der Waals surface area (Å²) in [5.41, 5.74) is 9.84. The van der Waals surface area contributed by atoms with Gasteiger partial charge in [-0.15, -0.1) is 0 Å². The van der Waals surface area contributed by atoms with Gasteiger partial charge < -0.3 is 21.1 Å². The zero-order valence-corrected chi connectivity index (χ0v) is 16.5. The second-order valence-corrected chi connectivity index (χ2v) is 7.20. The van der Waals surface area contributed by atoms with Crippen molar-refractivity contribution < 1.29 is 9.53 Å². The molecule has 1 aliphatic rings. The lowest BCUT2D eigenvalue weighted by Gasteiger charge is -2.08. The van der Waals surface area contributed by atoms with E-state index in [0.717, 1.165) is 12.0 Å². The van der Waals surface area contributed by atoms with Gasteiger partial charge >= 0.3 is 0 Å². The van der Waals surface area contributed by atoms with Gasteiger partial charge in [-0.05, 0) is 41.8 Å². The molecule has 0 aromatic heterocycles. The number of benzene rings is 3. The van der Waals surface area contributed by atoms with E-state index in [0.29, 0.717) is 36.1 Å². The Kier molecular flexibility index (Phi) is 5.94. The standard InChI is InChI=1S/C24H24N4O2/c25-21-8-4-5-9-22(21)28-23(29)19-12-10-18(11-13-19)15-26-24-27-20(16-30-24)14-17-6-2-1-3-7-17/h1-13,20H,14-16,25H2,(H,26,27)(H,28,29)/t20-/m0/s1. The Bertz CT molecular complexity index is 1030. The van der Waals surface area contributed by atoms with Gasteiger partial charge in [-0.2, -0.15) is 0 Å². The monoisotopic (exact) mass is 400 g/mol. The summed E-state index contributed by atoms with van der Waals surface area (Å²) in [4.78, 5) is 16.9. The first kappa shape index (κ1) is 19.5. The van der Waals surface area contributed by atoms with Crippen LogP contribution in [0.3, 0.4) is 0 Å². The molecule has 6 heteroatoms. The van der Waals surface area contributed by atoms with Crippen LogP contribution >= 0.6 is 0 Å². The van der Waals surface area contributed by atoms with E-state index in [4.69, 9.17) is 10.5 Å². The van der Waals surface area contributed by atoms with Crippen LogP contribution in [0.5, 0.6) is 0 Å². The van der Waals surface area contributed by atoms with Gasteiger partial charge in [0, 0.05) is 5.56 Å². The fraction of sp³-hybridized carbons (Fsp3) is 0.167. The number of nitrogens with one attached hydrogen (secondary N) is 2. The number of amides is 1. The lowest BCUT2D eigenvalue weighted by molar-refractivity contribution is 0.102. The third-order valence-corrected chi connectivity index (χ3v) is 4.90. The number of ether oxygens (including phenoxy) is 1. The van der Waals surface area contributed by atoms with E-state index >= 15 is 0 Å². The lowest BCUT2D eigenvalue weighted by Crippen LogP contribution is -2.29. The van der Waals surface area contributed by atoms with Gasteiger partial charge in [0.15, 0.2) is 0 Å². The zero-order valence-electron chi connectivity index (χ0n) is 16.5. The summed E-state index contributed by atoms with van der Waals surface area (Å²) in [5, 5.41) is 6.15. The first-order chi connectivity index (χ1) is 14.7. The maximum Gasteiger partial charge on any atom is 0.285 e. The number of hydrogen-bond donors (Lipinski definition) is 3. The van der Waals surface area contributed by atoms with Crippen molar-refractivity contribution in [3.05, 3.63) is 95.6 Å². The molecule has 3 aromatic carbocycles. The molecule has 1 amide bonds. The van der Waals surface area contributed by atoms with Gasteiger partial charge in [0.2, 0.25) is 0 Å². The predicted molar refractivity (Wildman–Crippen MR) is 119 cm³/mol. The highest BCUT2D eigenvalue weighted by molar-refractivity contribution is 6.05. The molecule has 0 radical (unpaired) electrons. The van der Waals surface area contributed by atoms with Gasteiger partial charge in [-0.1, -0.05) is 54.6 Å². The number of carbonyl (C=O) groups is 1. The number of carbonyl (C=O) groups excluding carboxylic acids is 1. The second kappa shape index (κ2) is 9.13. The highest BCUT2D eigenvalue weighted by atomic mass is 16.5. The Hall–Kier alpha value is -3.80. The van der Waals surface area contributed by atoms with Gasteiger partial charge in [-0.25, -0.2) is 4.99 Å². The topological polar surface area (TPSA) is 88.7 Å². The molecule has 6 nitrogen and oxygen atoms in total. The first-order valence-electron chi connectivity index (χ1n) is 9.90. The van der Waals surface area contributed by atoms with Crippen molar-refractivity contribution in [1.29, 1.82) is 0 Å². The Morgan fingerprint density at radius 2 is 1.73 bits per heavy atom. The highest BCUT2D eigenvalue weighted by Crippen LogP contribution is 2.18. The number of nitrogens with zero attached hydrogens (tertiary/aromatic N) is 1. The summed E-state index contributed by atoms with van der Waals surface area (Å²) >= 11 is 0. The first-order valence-corrected chi connectivity index (χ1v) is 9.90. The third kappa shape index (κ3) is 4.97. The van der Waals surface area contributed by atoms with E-state index in [2.05, 4.69) is 27.8 Å². The van der Waals surface area contributed by atoms with E-state index in [1.165, 1.54) is 5.56 Å². The van der Waals surface area contributed by atoms with E-state index in [9.17, 15) is 4.79 Å². The summed E-state index contributed by atoms with van der Waals surface area (Å²) in [5.74, 6) is -0.199. The van der Waals surface area contributed by atoms with Crippen LogP contribution in [0.1, 0.15) is 21.5 Å². The predicted octanol–water partition coefficient (Wildman–Crippen LogP) is 3.61. The van der Waals surface area contributed by atoms with Crippen LogP contribution in [0.15, 0.2) is 83.9 Å². The molecule has 0 saturated carbocycles. The molecule has 0 aliphatic carbocycles. The number of aliphatic imine (C=N–C) groups is 1. The molecule has 3 aromatic rings. The summed E-state index contributed by atoms with van der Waals surface area (Å²) in [6.07, 6.45) is 0.898. The number of nitrogens with two attached hydrogens (primary N) is 1. The van der Waals surface area contributed by atoms with Crippen molar-refractivity contribution in [2.75, 3.05) is 17.7 Å². The van der Waals surface area contributed by atoms with E-state index in [1.54, 1.807) is 24.3 Å². The Balaban J connectivity index is 1.30. The number of anilines is 2. The minimum absolute atomic E-state index is 0.199. The van der Waals surface area contributed by atoms with Gasteiger partial charge in [-0.3, -0.25) is 4.79 Å². The molecule has 1 fully saturated rings.